The fourth-order valence-electron chi connectivity index (χ4n) is 5.13. The van der Waals surface area contributed by atoms with Gasteiger partial charge < -0.3 is 10.1 Å². The van der Waals surface area contributed by atoms with Crippen LogP contribution in [0.4, 0.5) is 8.78 Å². The number of aromatic nitrogens is 3. The molecule has 3 aromatic rings. The number of alkyl halides is 2. The summed E-state index contributed by atoms with van der Waals surface area (Å²) in [6.07, 6.45) is 6.95. The van der Waals surface area contributed by atoms with Gasteiger partial charge in [-0.25, -0.2) is 13.8 Å². The molecule has 10 heteroatoms. The Labute approximate surface area is 207 Å². The largest absolute Gasteiger partial charge is 0.464 e. The van der Waals surface area contributed by atoms with E-state index in [9.17, 15) is 13.6 Å². The summed E-state index contributed by atoms with van der Waals surface area (Å²) < 4.78 is 33.1. The zero-order valence-corrected chi connectivity index (χ0v) is 20.9. The van der Waals surface area contributed by atoms with Crippen LogP contribution in [0.1, 0.15) is 53.5 Å². The number of benzene rings is 1. The molecule has 0 radical (unpaired) electrons. The van der Waals surface area contributed by atoms with Gasteiger partial charge in [0.2, 0.25) is 0 Å². The molecule has 0 saturated heterocycles. The first kappa shape index (κ1) is 24.1. The Morgan fingerprint density at radius 2 is 2.20 bits per heavy atom. The maximum atomic E-state index is 13.1. The molecule has 2 aliphatic rings. The first-order valence-corrected chi connectivity index (χ1v) is 13.0. The Bertz CT molecular complexity index is 1200. The molecular formula is C25H31F2N5O2S. The maximum Gasteiger partial charge on any atom is 0.278 e. The highest BCUT2D eigenvalue weighted by Gasteiger charge is 2.29. The van der Waals surface area contributed by atoms with E-state index in [1.54, 1.807) is 4.68 Å². The number of thiazole rings is 1. The molecular weight excluding hydrogens is 472 g/mol. The summed E-state index contributed by atoms with van der Waals surface area (Å²) in [5, 5.41) is 8.85. The summed E-state index contributed by atoms with van der Waals surface area (Å²) in [5.74, 6) is -2.31. The van der Waals surface area contributed by atoms with Crippen molar-refractivity contribution in [1.82, 2.24) is 25.0 Å². The van der Waals surface area contributed by atoms with Gasteiger partial charge in [0.15, 0.2) is 6.61 Å². The molecule has 5 rings (SSSR count). The molecule has 0 unspecified atom stereocenters. The van der Waals surface area contributed by atoms with Crippen molar-refractivity contribution in [1.29, 1.82) is 0 Å². The number of carbonyl (C=O) groups is 1. The molecule has 2 aromatic heterocycles. The zero-order chi connectivity index (χ0) is 24.6. The third kappa shape index (κ3) is 5.81. The number of halogens is 2. The van der Waals surface area contributed by atoms with E-state index >= 15 is 0 Å². The minimum atomic E-state index is -2.86. The van der Waals surface area contributed by atoms with Crippen LogP contribution in [0, 0.1) is 5.92 Å². The second-order valence-electron chi connectivity index (χ2n) is 9.91. The smallest absolute Gasteiger partial charge is 0.278 e. The van der Waals surface area contributed by atoms with Crippen LogP contribution >= 0.6 is 11.3 Å². The first-order chi connectivity index (χ1) is 16.7. The van der Waals surface area contributed by atoms with Gasteiger partial charge in [-0.15, -0.1) is 0 Å². The Kier molecular flexibility index (Phi) is 6.76. The zero-order valence-electron chi connectivity index (χ0n) is 20.1. The highest BCUT2D eigenvalue weighted by molar-refractivity contribution is 7.13. The number of ether oxygens (including phenoxy) is 1. The van der Waals surface area contributed by atoms with Gasteiger partial charge >= 0.3 is 0 Å². The number of fused-ring (bicyclic) bond motifs is 2. The molecule has 1 aromatic carbocycles. The van der Waals surface area contributed by atoms with Crippen LogP contribution in [-0.4, -0.2) is 57.2 Å². The van der Waals surface area contributed by atoms with Gasteiger partial charge in [0, 0.05) is 49.6 Å². The van der Waals surface area contributed by atoms with Crippen molar-refractivity contribution in [3.05, 3.63) is 40.5 Å². The molecule has 3 heterocycles. The third-order valence-electron chi connectivity index (χ3n) is 6.88. The predicted molar refractivity (Wildman–Crippen MR) is 131 cm³/mol. The fourth-order valence-corrected chi connectivity index (χ4v) is 6.03. The average Bonchev–Trinajstić information content (AvgIpc) is 3.52. The van der Waals surface area contributed by atoms with Crippen molar-refractivity contribution in [3.8, 4) is 5.19 Å². The van der Waals surface area contributed by atoms with Crippen molar-refractivity contribution < 1.29 is 18.3 Å². The quantitative estimate of drug-likeness (QED) is 0.493. The van der Waals surface area contributed by atoms with E-state index in [0.29, 0.717) is 16.7 Å². The number of carbonyl (C=O) groups excluding carboxylic acids is 1. The lowest BCUT2D eigenvalue weighted by Crippen LogP contribution is -2.33. The van der Waals surface area contributed by atoms with Crippen LogP contribution in [0.5, 0.6) is 5.19 Å². The minimum absolute atomic E-state index is 0.0276. The molecule has 35 heavy (non-hydrogen) atoms. The Hall–Kier alpha value is -2.59. The molecule has 1 fully saturated rings. The van der Waals surface area contributed by atoms with Crippen LogP contribution in [0.15, 0.2) is 24.4 Å². The first-order valence-electron chi connectivity index (χ1n) is 12.2. The second kappa shape index (κ2) is 9.81. The van der Waals surface area contributed by atoms with E-state index in [1.165, 1.54) is 11.3 Å². The molecule has 0 bridgehead atoms. The van der Waals surface area contributed by atoms with E-state index in [1.807, 2.05) is 31.4 Å². The standard InChI is InChI=1S/C25H31F2N5O2S/c1-25(26,27)15-34-24-29-21-14-32(11-9-22(21)35-24)10-8-16-6-7-17(12-16)28-23(33)18-4-3-5-20-19(18)13-31(2)30-20/h3-5,13,16-17H,6-12,14-15H2,1-2H3,(H,28,33)/t16-,17+/m0/s1. The number of nitrogens with one attached hydrogen (secondary N) is 1. The van der Waals surface area contributed by atoms with Gasteiger partial charge in [-0.05, 0) is 56.7 Å². The van der Waals surface area contributed by atoms with Gasteiger partial charge in [0.25, 0.3) is 17.0 Å². The molecule has 2 atom stereocenters. The van der Waals surface area contributed by atoms with Gasteiger partial charge in [-0.1, -0.05) is 17.4 Å². The second-order valence-corrected chi connectivity index (χ2v) is 11.0. The van der Waals surface area contributed by atoms with Crippen molar-refractivity contribution in [2.75, 3.05) is 19.7 Å². The monoisotopic (exact) mass is 503 g/mol. The number of nitrogens with zero attached hydrogens (tertiary/aromatic N) is 4. The number of amides is 1. The van der Waals surface area contributed by atoms with E-state index < -0.39 is 12.5 Å². The van der Waals surface area contributed by atoms with Crippen molar-refractivity contribution in [3.63, 3.8) is 0 Å². The van der Waals surface area contributed by atoms with E-state index in [2.05, 4.69) is 20.3 Å². The lowest BCUT2D eigenvalue weighted by Gasteiger charge is -2.26. The lowest BCUT2D eigenvalue weighted by atomic mass is 10.0. The Balaban J connectivity index is 1.09. The highest BCUT2D eigenvalue weighted by Crippen LogP contribution is 2.33. The number of hydrogen-bond donors (Lipinski definition) is 1. The van der Waals surface area contributed by atoms with Gasteiger partial charge in [0.05, 0.1) is 16.8 Å². The molecule has 188 valence electrons. The molecule has 7 nitrogen and oxygen atoms in total. The Morgan fingerprint density at radius 3 is 3.03 bits per heavy atom. The lowest BCUT2D eigenvalue weighted by molar-refractivity contribution is -0.0230. The third-order valence-corrected chi connectivity index (χ3v) is 7.95. The molecule has 0 spiro atoms. The predicted octanol–water partition coefficient (Wildman–Crippen LogP) is 4.41. The van der Waals surface area contributed by atoms with Crippen molar-refractivity contribution >= 4 is 28.1 Å². The van der Waals surface area contributed by atoms with Crippen LogP contribution in [0.25, 0.3) is 10.9 Å². The van der Waals surface area contributed by atoms with Crippen molar-refractivity contribution in [2.24, 2.45) is 13.0 Å². The molecule has 1 aliphatic heterocycles. The van der Waals surface area contributed by atoms with E-state index in [0.717, 1.165) is 80.1 Å². The summed E-state index contributed by atoms with van der Waals surface area (Å²) in [4.78, 5) is 20.9. The van der Waals surface area contributed by atoms with Crippen LogP contribution in [0.3, 0.4) is 0 Å². The molecule has 1 saturated carbocycles. The number of aryl methyl sites for hydroxylation is 1. The van der Waals surface area contributed by atoms with Crippen LogP contribution < -0.4 is 10.1 Å². The van der Waals surface area contributed by atoms with Crippen LogP contribution in [0.2, 0.25) is 0 Å². The van der Waals surface area contributed by atoms with Gasteiger partial charge in [-0.2, -0.15) is 5.10 Å². The van der Waals surface area contributed by atoms with Crippen LogP contribution in [-0.2, 0) is 20.0 Å². The van der Waals surface area contributed by atoms with Crippen molar-refractivity contribution in [2.45, 2.75) is 57.5 Å². The molecule has 1 N–H and O–H groups in total. The Morgan fingerprint density at radius 1 is 1.34 bits per heavy atom. The summed E-state index contributed by atoms with van der Waals surface area (Å²) in [7, 11) is 1.86. The summed E-state index contributed by atoms with van der Waals surface area (Å²) in [6.45, 7) is 2.86. The van der Waals surface area contributed by atoms with Gasteiger partial charge in [-0.3, -0.25) is 14.4 Å². The topological polar surface area (TPSA) is 72.3 Å². The summed E-state index contributed by atoms with van der Waals surface area (Å²) in [6, 6.07) is 5.86. The minimum Gasteiger partial charge on any atom is -0.464 e. The average molecular weight is 504 g/mol. The van der Waals surface area contributed by atoms with E-state index in [4.69, 9.17) is 4.74 Å². The maximum absolute atomic E-state index is 13.1. The summed E-state index contributed by atoms with van der Waals surface area (Å²) >= 11 is 1.39. The fraction of sp³-hybridized carbons (Fsp3) is 0.560. The van der Waals surface area contributed by atoms with E-state index in [-0.39, 0.29) is 11.9 Å². The van der Waals surface area contributed by atoms with Gasteiger partial charge in [0.1, 0.15) is 0 Å². The molecule has 1 amide bonds. The highest BCUT2D eigenvalue weighted by atomic mass is 32.1. The number of hydrogen-bond acceptors (Lipinski definition) is 6. The normalized spacial score (nSPS) is 20.8. The molecule has 1 aliphatic carbocycles. The SMILES string of the molecule is Cn1cc2c(C(=O)N[C@@H]3CC[C@@H](CCN4CCc5sc(OCC(C)(F)F)nc5C4)C3)cccc2n1. The number of rotatable bonds is 8. The summed E-state index contributed by atoms with van der Waals surface area (Å²) in [5.41, 5.74) is 2.46.